The van der Waals surface area contributed by atoms with Gasteiger partial charge in [0.15, 0.2) is 5.69 Å². The SMILES string of the molecule is O=C1c2n[n+]([O-])n(Nc3nc4cc(OC(F)(F)F)ccc4s3)c2C(=O)c2c(O)ccc(O)c21. The molecule has 0 aliphatic heterocycles. The summed E-state index contributed by atoms with van der Waals surface area (Å²) in [6.07, 6.45) is -4.89. The lowest BCUT2D eigenvalue weighted by atomic mass is 9.88. The molecule has 0 bridgehead atoms. The number of phenolic OH excluding ortho intramolecular Hbond substituents is 2. The normalized spacial score (nSPS) is 13.2. The number of aromatic nitrogens is 4. The molecule has 0 amide bonds. The Morgan fingerprint density at radius 1 is 1.09 bits per heavy atom. The fourth-order valence-corrected chi connectivity index (χ4v) is 4.17. The van der Waals surface area contributed by atoms with Crippen molar-refractivity contribution in [3.8, 4) is 17.2 Å². The Hall–Kier alpha value is -4.40. The molecule has 0 fully saturated rings. The molecule has 2 aromatic heterocycles. The summed E-state index contributed by atoms with van der Waals surface area (Å²) in [5.74, 6) is -3.59. The van der Waals surface area contributed by atoms with E-state index in [4.69, 9.17) is 0 Å². The fraction of sp³-hybridized carbons (Fsp3) is 0.0556. The van der Waals surface area contributed by atoms with Gasteiger partial charge in [0.2, 0.25) is 17.3 Å². The number of hydrogen-bond donors (Lipinski definition) is 3. The lowest BCUT2D eigenvalue weighted by Gasteiger charge is -2.15. The zero-order valence-corrected chi connectivity index (χ0v) is 16.6. The van der Waals surface area contributed by atoms with Crippen LogP contribution in [0.3, 0.4) is 0 Å². The quantitative estimate of drug-likeness (QED) is 0.200. The minimum absolute atomic E-state index is 0.0230. The van der Waals surface area contributed by atoms with Gasteiger partial charge in [0.05, 0.1) is 21.3 Å². The predicted molar refractivity (Wildman–Crippen MR) is 103 cm³/mol. The number of halogens is 3. The number of ether oxygens (including phenoxy) is 1. The minimum Gasteiger partial charge on any atom is -0.672 e. The van der Waals surface area contributed by atoms with Crippen LogP contribution in [0.15, 0.2) is 30.3 Å². The van der Waals surface area contributed by atoms with Crippen LogP contribution in [0.5, 0.6) is 17.2 Å². The molecular formula is C18H8F3N5O6S. The Kier molecular flexibility index (Phi) is 4.22. The first kappa shape index (κ1) is 20.5. The number of carbonyl (C=O) groups excluding carboxylic acids is 2. The standard InChI is InChI=1S/C18H8F3N5O6S/c19-18(20,21)32-6-1-4-10-7(5-6)22-17(33-10)24-25-14-13(23-26(25)31)15(29)11-8(27)2-3-9(28)12(11)16(14)30/h1-5,27-28H,(H,22,24). The number of fused-ring (bicyclic) bond motifs is 3. The molecule has 11 nitrogen and oxygen atoms in total. The molecule has 0 spiro atoms. The van der Waals surface area contributed by atoms with Crippen LogP contribution in [0.4, 0.5) is 18.3 Å². The maximum Gasteiger partial charge on any atom is 0.573 e. The van der Waals surface area contributed by atoms with Crippen molar-refractivity contribution in [2.45, 2.75) is 6.36 Å². The summed E-state index contributed by atoms with van der Waals surface area (Å²) in [5, 5.41) is 35.9. The third kappa shape index (κ3) is 3.25. The highest BCUT2D eigenvalue weighted by Gasteiger charge is 2.42. The summed E-state index contributed by atoms with van der Waals surface area (Å²) >= 11 is 0.929. The number of carbonyl (C=O) groups is 2. The summed E-state index contributed by atoms with van der Waals surface area (Å²) in [6.45, 7) is 0. The number of rotatable bonds is 3. The van der Waals surface area contributed by atoms with Crippen molar-refractivity contribution in [3.05, 3.63) is 58.1 Å². The average molecular weight is 479 g/mol. The van der Waals surface area contributed by atoms with Crippen LogP contribution in [0.2, 0.25) is 0 Å². The van der Waals surface area contributed by atoms with E-state index in [1.807, 2.05) is 0 Å². The van der Waals surface area contributed by atoms with Gasteiger partial charge in [0.1, 0.15) is 17.2 Å². The first-order chi connectivity index (χ1) is 15.5. The number of nitrogens with one attached hydrogen (secondary N) is 1. The Morgan fingerprint density at radius 3 is 2.42 bits per heavy atom. The van der Waals surface area contributed by atoms with Crippen LogP contribution in [-0.2, 0) is 0 Å². The fourth-order valence-electron chi connectivity index (χ4n) is 3.34. The summed E-state index contributed by atoms with van der Waals surface area (Å²) in [6, 6.07) is 5.46. The van der Waals surface area contributed by atoms with Crippen LogP contribution in [-0.4, -0.2) is 43.0 Å². The van der Waals surface area contributed by atoms with Crippen LogP contribution >= 0.6 is 11.3 Å². The Bertz CT molecular complexity index is 1500. The summed E-state index contributed by atoms with van der Waals surface area (Å²) < 4.78 is 41.6. The van der Waals surface area contributed by atoms with Crippen LogP contribution in [0.25, 0.3) is 10.2 Å². The second kappa shape index (κ2) is 6.80. The highest BCUT2D eigenvalue weighted by Crippen LogP contribution is 2.37. The largest absolute Gasteiger partial charge is 0.672 e. The second-order valence-electron chi connectivity index (χ2n) is 6.68. The van der Waals surface area contributed by atoms with Crippen molar-refractivity contribution >= 4 is 38.3 Å². The predicted octanol–water partition coefficient (Wildman–Crippen LogP) is 2.09. The molecule has 0 saturated carbocycles. The molecule has 2 aromatic carbocycles. The zero-order chi connectivity index (χ0) is 23.7. The number of nitrogens with zero attached hydrogens (tertiary/aromatic N) is 4. The van der Waals surface area contributed by atoms with Gasteiger partial charge >= 0.3 is 6.36 Å². The number of phenols is 2. The first-order valence-electron chi connectivity index (χ1n) is 8.84. The van der Waals surface area contributed by atoms with Crippen molar-refractivity contribution < 1.29 is 42.7 Å². The molecule has 0 unspecified atom stereocenters. The van der Waals surface area contributed by atoms with Crippen LogP contribution < -0.4 is 15.1 Å². The molecule has 33 heavy (non-hydrogen) atoms. The zero-order valence-electron chi connectivity index (χ0n) is 15.7. The minimum atomic E-state index is -4.89. The van der Waals surface area contributed by atoms with Crippen LogP contribution in [0.1, 0.15) is 32.1 Å². The topological polar surface area (TPSA) is 154 Å². The lowest BCUT2D eigenvalue weighted by molar-refractivity contribution is -0.744. The maximum absolute atomic E-state index is 13.0. The summed E-state index contributed by atoms with van der Waals surface area (Å²) in [4.78, 5) is 30.2. The van der Waals surface area contributed by atoms with Gasteiger partial charge < -0.3 is 20.2 Å². The molecular weight excluding hydrogens is 471 g/mol. The molecule has 1 aliphatic carbocycles. The van der Waals surface area contributed by atoms with Gasteiger partial charge in [-0.2, -0.15) is 4.98 Å². The number of aromatic hydroxyl groups is 2. The van der Waals surface area contributed by atoms with E-state index in [-0.39, 0.29) is 15.6 Å². The third-order valence-electron chi connectivity index (χ3n) is 4.63. The first-order valence-corrected chi connectivity index (χ1v) is 9.65. The Labute approximate surface area is 183 Å². The van der Waals surface area contributed by atoms with E-state index in [9.17, 15) is 38.2 Å². The number of hydrogen-bond acceptors (Lipinski definition) is 10. The van der Waals surface area contributed by atoms with Gasteiger partial charge in [-0.15, -0.1) is 18.6 Å². The van der Waals surface area contributed by atoms with Crippen LogP contribution in [0, 0.1) is 5.21 Å². The van der Waals surface area contributed by atoms with Gasteiger partial charge in [-0.05, 0) is 34.0 Å². The highest BCUT2D eigenvalue weighted by molar-refractivity contribution is 7.22. The molecule has 168 valence electrons. The van der Waals surface area contributed by atoms with Crippen molar-refractivity contribution in [2.24, 2.45) is 0 Å². The van der Waals surface area contributed by atoms with E-state index >= 15 is 0 Å². The molecule has 5 rings (SSSR count). The third-order valence-corrected chi connectivity index (χ3v) is 5.57. The van der Waals surface area contributed by atoms with E-state index < -0.39 is 57.7 Å². The summed E-state index contributed by atoms with van der Waals surface area (Å²) in [7, 11) is 0. The van der Waals surface area contributed by atoms with Gasteiger partial charge in [-0.25, -0.2) is 0 Å². The van der Waals surface area contributed by atoms with Crippen molar-refractivity contribution in [2.75, 3.05) is 5.43 Å². The number of alkyl halides is 3. The molecule has 0 atom stereocenters. The maximum atomic E-state index is 13.0. The van der Waals surface area contributed by atoms with E-state index in [0.29, 0.717) is 9.49 Å². The van der Waals surface area contributed by atoms with Gasteiger partial charge in [-0.3, -0.25) is 9.59 Å². The van der Waals surface area contributed by atoms with Gasteiger partial charge in [0, 0.05) is 6.07 Å². The van der Waals surface area contributed by atoms with Gasteiger partial charge in [-0.1, -0.05) is 16.4 Å². The van der Waals surface area contributed by atoms with E-state index in [1.54, 1.807) is 0 Å². The molecule has 15 heteroatoms. The molecule has 4 aromatic rings. The molecule has 1 aliphatic rings. The van der Waals surface area contributed by atoms with Crippen molar-refractivity contribution in [3.63, 3.8) is 0 Å². The number of anilines is 1. The number of thiazole rings is 1. The molecule has 2 heterocycles. The monoisotopic (exact) mass is 479 g/mol. The average Bonchev–Trinajstić information content (AvgIpc) is 3.27. The lowest BCUT2D eigenvalue weighted by Crippen LogP contribution is -2.44. The number of benzene rings is 2. The van der Waals surface area contributed by atoms with Crippen molar-refractivity contribution in [1.82, 2.24) is 14.9 Å². The van der Waals surface area contributed by atoms with E-state index in [1.165, 1.54) is 6.07 Å². The van der Waals surface area contributed by atoms with Crippen molar-refractivity contribution in [1.29, 1.82) is 0 Å². The van der Waals surface area contributed by atoms with E-state index in [0.717, 1.165) is 35.6 Å². The molecule has 0 saturated heterocycles. The number of ketones is 2. The van der Waals surface area contributed by atoms with E-state index in [2.05, 4.69) is 20.2 Å². The summed E-state index contributed by atoms with van der Waals surface area (Å²) in [5.41, 5.74) is 0.496. The Balaban J connectivity index is 1.56. The highest BCUT2D eigenvalue weighted by atomic mass is 32.1. The Morgan fingerprint density at radius 2 is 1.76 bits per heavy atom. The molecule has 3 N–H and O–H groups in total. The van der Waals surface area contributed by atoms with Gasteiger partial charge in [0.25, 0.3) is 5.13 Å². The second-order valence-corrected chi connectivity index (χ2v) is 7.71. The smallest absolute Gasteiger partial charge is 0.573 e. The molecule has 0 radical (unpaired) electrons.